The molecule has 0 N–H and O–H groups in total. The molecule has 0 aliphatic heterocycles. The average Bonchev–Trinajstić information content (AvgIpc) is 2.75. The Morgan fingerprint density at radius 2 is 1.94 bits per heavy atom. The van der Waals surface area contributed by atoms with Gasteiger partial charge in [0, 0.05) is 6.20 Å². The van der Waals surface area contributed by atoms with Crippen molar-refractivity contribution in [3.8, 4) is 5.69 Å². The van der Waals surface area contributed by atoms with Crippen LogP contribution in [0.5, 0.6) is 0 Å². The van der Waals surface area contributed by atoms with E-state index in [2.05, 4.69) is 0 Å². The van der Waals surface area contributed by atoms with E-state index < -0.39 is 11.7 Å². The maximum Gasteiger partial charge on any atom is 0.416 e. The number of hydrogen-bond donors (Lipinski definition) is 0. The number of benzene rings is 1. The number of rotatable bonds is 2. The number of hydrogen-bond acceptors (Lipinski definition) is 1. The molecule has 0 fully saturated rings. The highest BCUT2D eigenvalue weighted by Gasteiger charge is 2.31. The number of carbonyl (C=O) groups is 1. The van der Waals surface area contributed by atoms with Crippen LogP contribution in [-0.4, -0.2) is 10.9 Å². The predicted molar refractivity (Wildman–Crippen MR) is 61.2 cm³/mol. The molecule has 0 saturated carbocycles. The maximum absolute atomic E-state index is 12.5. The molecule has 0 bridgehead atoms. The number of halogens is 4. The van der Waals surface area contributed by atoms with Crippen LogP contribution >= 0.6 is 11.6 Å². The standard InChI is InChI=1S/C12H7ClF3NO/c13-10-6-8(12(14,15)16)3-4-11(10)17-5-1-2-9(17)7-18/h1-7H. The van der Waals surface area contributed by atoms with Crippen molar-refractivity contribution >= 4 is 17.9 Å². The van der Waals surface area contributed by atoms with Gasteiger partial charge in [-0.15, -0.1) is 0 Å². The third-order valence-corrected chi connectivity index (χ3v) is 2.74. The molecule has 0 saturated heterocycles. The lowest BCUT2D eigenvalue weighted by atomic mass is 10.2. The second-order valence-corrected chi connectivity index (χ2v) is 3.99. The molecule has 2 aromatic rings. The van der Waals surface area contributed by atoms with Crippen LogP contribution in [0, 0.1) is 0 Å². The van der Waals surface area contributed by atoms with Crippen molar-refractivity contribution in [2.24, 2.45) is 0 Å². The SMILES string of the molecule is O=Cc1cccn1-c1ccc(C(F)(F)F)cc1Cl. The summed E-state index contributed by atoms with van der Waals surface area (Å²) in [6.45, 7) is 0. The highest BCUT2D eigenvalue weighted by Crippen LogP contribution is 2.33. The van der Waals surface area contributed by atoms with Gasteiger partial charge in [0.1, 0.15) is 0 Å². The van der Waals surface area contributed by atoms with Crippen molar-refractivity contribution in [2.75, 3.05) is 0 Å². The minimum Gasteiger partial charge on any atom is -0.313 e. The van der Waals surface area contributed by atoms with E-state index in [1.807, 2.05) is 0 Å². The van der Waals surface area contributed by atoms with Crippen molar-refractivity contribution in [2.45, 2.75) is 6.18 Å². The molecule has 0 aliphatic rings. The summed E-state index contributed by atoms with van der Waals surface area (Å²) < 4.78 is 38.8. The van der Waals surface area contributed by atoms with Gasteiger partial charge in [0.05, 0.1) is 22.0 Å². The van der Waals surface area contributed by atoms with Gasteiger partial charge in [-0.05, 0) is 30.3 Å². The summed E-state index contributed by atoms with van der Waals surface area (Å²) in [5.74, 6) is 0. The van der Waals surface area contributed by atoms with Crippen molar-refractivity contribution in [3.63, 3.8) is 0 Å². The predicted octanol–water partition coefficient (Wildman–Crippen LogP) is 3.96. The maximum atomic E-state index is 12.5. The van der Waals surface area contributed by atoms with Gasteiger partial charge in [-0.25, -0.2) is 0 Å². The van der Waals surface area contributed by atoms with Crippen LogP contribution in [0.2, 0.25) is 5.02 Å². The summed E-state index contributed by atoms with van der Waals surface area (Å²) in [5, 5.41) is -0.0656. The van der Waals surface area contributed by atoms with Crippen LogP contribution in [0.3, 0.4) is 0 Å². The molecule has 1 aromatic heterocycles. The van der Waals surface area contributed by atoms with Crippen LogP contribution in [0.4, 0.5) is 13.2 Å². The minimum absolute atomic E-state index is 0.0656. The number of nitrogens with zero attached hydrogens (tertiary/aromatic N) is 1. The molecule has 0 amide bonds. The lowest BCUT2D eigenvalue weighted by molar-refractivity contribution is -0.137. The molecule has 18 heavy (non-hydrogen) atoms. The summed E-state index contributed by atoms with van der Waals surface area (Å²) in [6, 6.07) is 6.15. The molecule has 1 heterocycles. The quantitative estimate of drug-likeness (QED) is 0.759. The summed E-state index contributed by atoms with van der Waals surface area (Å²) in [7, 11) is 0. The molecule has 0 spiro atoms. The Bertz CT molecular complexity index is 589. The van der Waals surface area contributed by atoms with E-state index in [4.69, 9.17) is 11.6 Å². The molecule has 94 valence electrons. The zero-order valence-electron chi connectivity index (χ0n) is 8.91. The first kappa shape index (κ1) is 12.7. The van der Waals surface area contributed by atoms with Gasteiger partial charge < -0.3 is 4.57 Å². The highest BCUT2D eigenvalue weighted by molar-refractivity contribution is 6.32. The second kappa shape index (κ2) is 4.49. The second-order valence-electron chi connectivity index (χ2n) is 3.58. The Kier molecular flexibility index (Phi) is 3.17. The first-order valence-corrected chi connectivity index (χ1v) is 5.31. The molecule has 0 aliphatic carbocycles. The van der Waals surface area contributed by atoms with E-state index in [0.717, 1.165) is 12.1 Å². The first-order valence-electron chi connectivity index (χ1n) is 4.93. The van der Waals surface area contributed by atoms with Crippen LogP contribution in [0.15, 0.2) is 36.5 Å². The third-order valence-electron chi connectivity index (χ3n) is 2.44. The van der Waals surface area contributed by atoms with Gasteiger partial charge in [-0.3, -0.25) is 4.79 Å². The van der Waals surface area contributed by atoms with E-state index in [-0.39, 0.29) is 5.02 Å². The third kappa shape index (κ3) is 2.26. The Morgan fingerprint density at radius 1 is 1.22 bits per heavy atom. The summed E-state index contributed by atoms with van der Waals surface area (Å²) >= 11 is 5.82. The lowest BCUT2D eigenvalue weighted by Crippen LogP contribution is -2.06. The number of alkyl halides is 3. The number of aromatic nitrogens is 1. The Balaban J connectivity index is 2.52. The van der Waals surface area contributed by atoms with E-state index in [1.165, 1.54) is 10.6 Å². The largest absolute Gasteiger partial charge is 0.416 e. The number of carbonyl (C=O) groups excluding carboxylic acids is 1. The zero-order valence-corrected chi connectivity index (χ0v) is 9.66. The molecule has 1 aromatic carbocycles. The van der Waals surface area contributed by atoms with Gasteiger partial charge in [0.25, 0.3) is 0 Å². The molecule has 2 nitrogen and oxygen atoms in total. The van der Waals surface area contributed by atoms with Crippen LogP contribution in [0.1, 0.15) is 16.1 Å². The normalized spacial score (nSPS) is 11.6. The van der Waals surface area contributed by atoms with Crippen molar-refractivity contribution in [1.82, 2.24) is 4.57 Å². The fourth-order valence-electron chi connectivity index (χ4n) is 1.59. The molecular weight excluding hydrogens is 267 g/mol. The van der Waals surface area contributed by atoms with E-state index in [1.54, 1.807) is 18.3 Å². The fourth-order valence-corrected chi connectivity index (χ4v) is 1.86. The highest BCUT2D eigenvalue weighted by atomic mass is 35.5. The van der Waals surface area contributed by atoms with Crippen molar-refractivity contribution in [3.05, 3.63) is 52.8 Å². The molecule has 0 radical (unpaired) electrons. The minimum atomic E-state index is -4.44. The summed E-state index contributed by atoms with van der Waals surface area (Å²) in [4.78, 5) is 10.8. The van der Waals surface area contributed by atoms with Crippen LogP contribution in [-0.2, 0) is 6.18 Å². The Labute approximate surface area is 106 Å². The van der Waals surface area contributed by atoms with Gasteiger partial charge in [-0.1, -0.05) is 11.6 Å². The Hall–Kier alpha value is -1.75. The molecule has 0 unspecified atom stereocenters. The summed E-state index contributed by atoms with van der Waals surface area (Å²) in [6.07, 6.45) is -2.28. The monoisotopic (exact) mass is 273 g/mol. The first-order chi connectivity index (χ1) is 8.43. The summed E-state index contributed by atoms with van der Waals surface area (Å²) in [5.41, 5.74) is -0.176. The van der Waals surface area contributed by atoms with Gasteiger partial charge in [0.15, 0.2) is 6.29 Å². The Morgan fingerprint density at radius 3 is 2.50 bits per heavy atom. The van der Waals surface area contributed by atoms with Crippen LogP contribution in [0.25, 0.3) is 5.69 Å². The lowest BCUT2D eigenvalue weighted by Gasteiger charge is -2.11. The fraction of sp³-hybridized carbons (Fsp3) is 0.0833. The van der Waals surface area contributed by atoms with Crippen LogP contribution < -0.4 is 0 Å². The average molecular weight is 274 g/mol. The molecule has 0 atom stereocenters. The van der Waals surface area contributed by atoms with Gasteiger partial charge >= 0.3 is 6.18 Å². The topological polar surface area (TPSA) is 22.0 Å². The van der Waals surface area contributed by atoms with E-state index in [0.29, 0.717) is 17.7 Å². The zero-order chi connectivity index (χ0) is 13.3. The van der Waals surface area contributed by atoms with Crippen molar-refractivity contribution < 1.29 is 18.0 Å². The van der Waals surface area contributed by atoms with Gasteiger partial charge in [0.2, 0.25) is 0 Å². The molecule has 2 rings (SSSR count). The van der Waals surface area contributed by atoms with Crippen molar-refractivity contribution in [1.29, 1.82) is 0 Å². The smallest absolute Gasteiger partial charge is 0.313 e. The molecular formula is C12H7ClF3NO. The van der Waals surface area contributed by atoms with Gasteiger partial charge in [-0.2, -0.15) is 13.2 Å². The molecule has 6 heteroatoms. The van der Waals surface area contributed by atoms with E-state index in [9.17, 15) is 18.0 Å². The number of aldehydes is 1. The van der Waals surface area contributed by atoms with E-state index >= 15 is 0 Å².